The van der Waals surface area contributed by atoms with Gasteiger partial charge in [-0.25, -0.2) is 4.79 Å². The van der Waals surface area contributed by atoms with Crippen LogP contribution >= 0.6 is 0 Å². The summed E-state index contributed by atoms with van der Waals surface area (Å²) in [7, 11) is 1.62. The number of esters is 1. The smallest absolute Gasteiger partial charge is 0.339 e. The molecule has 0 bridgehead atoms. The van der Waals surface area contributed by atoms with Gasteiger partial charge in [0.2, 0.25) is 0 Å². The minimum Gasteiger partial charge on any atom is -0.497 e. The Morgan fingerprint density at radius 2 is 1.83 bits per heavy atom. The number of rotatable bonds is 4. The fraction of sp³-hybridized carbons (Fsp3) is 0.158. The van der Waals surface area contributed by atoms with E-state index in [1.165, 1.54) is 0 Å². The number of aryl methyl sites for hydroxylation is 1. The van der Waals surface area contributed by atoms with Gasteiger partial charge in [-0.05, 0) is 36.8 Å². The number of nitrogens with zero attached hydrogens (tertiary/aromatic N) is 1. The van der Waals surface area contributed by atoms with Gasteiger partial charge in [0, 0.05) is 11.1 Å². The van der Waals surface area contributed by atoms with Crippen molar-refractivity contribution >= 4 is 16.9 Å². The third-order valence-electron chi connectivity index (χ3n) is 3.59. The predicted molar refractivity (Wildman–Crippen MR) is 88.6 cm³/mol. The minimum absolute atomic E-state index is 0.221. The quantitative estimate of drug-likeness (QED) is 0.686. The van der Waals surface area contributed by atoms with E-state index >= 15 is 0 Å². The summed E-state index contributed by atoms with van der Waals surface area (Å²) >= 11 is 0. The number of carbonyl (C=O) groups excluding carboxylic acids is 1. The van der Waals surface area contributed by atoms with Crippen LogP contribution in [0.1, 0.15) is 21.6 Å². The number of pyridine rings is 1. The molecule has 0 unspecified atom stereocenters. The highest BCUT2D eigenvalue weighted by atomic mass is 16.5. The molecule has 0 spiro atoms. The van der Waals surface area contributed by atoms with E-state index in [1.54, 1.807) is 13.2 Å². The number of fused-ring (bicyclic) bond motifs is 1. The Labute approximate surface area is 134 Å². The lowest BCUT2D eigenvalue weighted by molar-refractivity contribution is 0.0475. The SMILES string of the molecule is COc1ccc(COC(=O)c2cc(C)nc3ccccc23)cc1. The van der Waals surface area contributed by atoms with Crippen molar-refractivity contribution in [2.45, 2.75) is 13.5 Å². The Balaban J connectivity index is 1.80. The van der Waals surface area contributed by atoms with Crippen molar-refractivity contribution in [1.82, 2.24) is 4.98 Å². The fourth-order valence-electron chi connectivity index (χ4n) is 2.43. The largest absolute Gasteiger partial charge is 0.497 e. The molecule has 1 heterocycles. The zero-order valence-electron chi connectivity index (χ0n) is 13.1. The lowest BCUT2D eigenvalue weighted by Gasteiger charge is -2.09. The van der Waals surface area contributed by atoms with Gasteiger partial charge in [-0.1, -0.05) is 30.3 Å². The summed E-state index contributed by atoms with van der Waals surface area (Å²) in [4.78, 5) is 16.9. The number of ether oxygens (including phenoxy) is 2. The summed E-state index contributed by atoms with van der Waals surface area (Å²) < 4.78 is 10.6. The molecule has 116 valence electrons. The number of methoxy groups -OCH3 is 1. The van der Waals surface area contributed by atoms with E-state index in [0.717, 1.165) is 27.9 Å². The van der Waals surface area contributed by atoms with Gasteiger partial charge in [-0.2, -0.15) is 0 Å². The Morgan fingerprint density at radius 3 is 2.57 bits per heavy atom. The molecule has 0 aliphatic rings. The maximum atomic E-state index is 12.4. The molecule has 4 nitrogen and oxygen atoms in total. The topological polar surface area (TPSA) is 48.4 Å². The van der Waals surface area contributed by atoms with E-state index < -0.39 is 0 Å². The van der Waals surface area contributed by atoms with Crippen LogP contribution in [0.25, 0.3) is 10.9 Å². The van der Waals surface area contributed by atoms with Crippen molar-refractivity contribution in [2.75, 3.05) is 7.11 Å². The van der Waals surface area contributed by atoms with Crippen LogP contribution in [0, 0.1) is 6.92 Å². The Morgan fingerprint density at radius 1 is 1.09 bits per heavy atom. The Hall–Kier alpha value is -2.88. The Bertz CT molecular complexity index is 841. The van der Waals surface area contributed by atoms with Crippen LogP contribution in [0.4, 0.5) is 0 Å². The average Bonchev–Trinajstić information content (AvgIpc) is 2.59. The van der Waals surface area contributed by atoms with Crippen molar-refractivity contribution in [1.29, 1.82) is 0 Å². The van der Waals surface area contributed by atoms with Crippen LogP contribution in [0.2, 0.25) is 0 Å². The standard InChI is InChI=1S/C19H17NO3/c1-13-11-17(16-5-3-4-6-18(16)20-13)19(21)23-12-14-7-9-15(22-2)10-8-14/h3-11H,12H2,1-2H3. The van der Waals surface area contributed by atoms with Gasteiger partial charge in [0.1, 0.15) is 12.4 Å². The first-order valence-electron chi connectivity index (χ1n) is 7.34. The average molecular weight is 307 g/mol. The van der Waals surface area contributed by atoms with Crippen LogP contribution in [0.15, 0.2) is 54.6 Å². The van der Waals surface area contributed by atoms with Gasteiger partial charge < -0.3 is 9.47 Å². The highest BCUT2D eigenvalue weighted by Gasteiger charge is 2.13. The van der Waals surface area contributed by atoms with Crippen molar-refractivity contribution in [3.63, 3.8) is 0 Å². The molecule has 0 radical (unpaired) electrons. The molecule has 0 saturated carbocycles. The summed E-state index contributed by atoms with van der Waals surface area (Å²) in [6.07, 6.45) is 0. The third-order valence-corrected chi connectivity index (χ3v) is 3.59. The van der Waals surface area contributed by atoms with Gasteiger partial charge in [0.05, 0.1) is 18.2 Å². The first-order chi connectivity index (χ1) is 11.2. The third kappa shape index (κ3) is 3.31. The highest BCUT2D eigenvalue weighted by molar-refractivity contribution is 6.03. The summed E-state index contributed by atoms with van der Waals surface area (Å²) in [5, 5.41) is 0.804. The molecule has 3 aromatic rings. The monoisotopic (exact) mass is 307 g/mol. The Kier molecular flexibility index (Phi) is 4.24. The number of hydrogen-bond acceptors (Lipinski definition) is 4. The maximum Gasteiger partial charge on any atom is 0.339 e. The molecule has 0 atom stereocenters. The zero-order chi connectivity index (χ0) is 16.2. The van der Waals surface area contributed by atoms with E-state index in [1.807, 2.05) is 55.5 Å². The van der Waals surface area contributed by atoms with Gasteiger partial charge in [-0.3, -0.25) is 4.98 Å². The summed E-state index contributed by atoms with van der Waals surface area (Å²) in [5.41, 5.74) is 3.04. The first kappa shape index (κ1) is 15.0. The fourth-order valence-corrected chi connectivity index (χ4v) is 2.43. The molecular weight excluding hydrogens is 290 g/mol. The second-order valence-electron chi connectivity index (χ2n) is 5.25. The van der Waals surface area contributed by atoms with E-state index in [2.05, 4.69) is 4.98 Å². The van der Waals surface area contributed by atoms with Crippen LogP contribution in [0.3, 0.4) is 0 Å². The van der Waals surface area contributed by atoms with Gasteiger partial charge in [0.25, 0.3) is 0 Å². The van der Waals surface area contributed by atoms with Gasteiger partial charge in [0.15, 0.2) is 0 Å². The maximum absolute atomic E-state index is 12.4. The summed E-state index contributed by atoms with van der Waals surface area (Å²) in [5.74, 6) is 0.429. The van der Waals surface area contributed by atoms with Crippen molar-refractivity contribution in [2.24, 2.45) is 0 Å². The van der Waals surface area contributed by atoms with Crippen LogP contribution in [0.5, 0.6) is 5.75 Å². The molecule has 0 N–H and O–H groups in total. The molecule has 4 heteroatoms. The number of hydrogen-bond donors (Lipinski definition) is 0. The lowest BCUT2D eigenvalue weighted by Crippen LogP contribution is -2.07. The zero-order valence-corrected chi connectivity index (χ0v) is 13.1. The van der Waals surface area contributed by atoms with Gasteiger partial charge in [-0.15, -0.1) is 0 Å². The molecule has 1 aromatic heterocycles. The molecule has 2 aromatic carbocycles. The van der Waals surface area contributed by atoms with Gasteiger partial charge >= 0.3 is 5.97 Å². The number of carbonyl (C=O) groups is 1. The van der Waals surface area contributed by atoms with Crippen molar-refractivity contribution in [3.05, 3.63) is 71.4 Å². The molecule has 0 amide bonds. The molecule has 23 heavy (non-hydrogen) atoms. The number of benzene rings is 2. The molecule has 0 fully saturated rings. The van der Waals surface area contributed by atoms with Crippen LogP contribution in [-0.4, -0.2) is 18.1 Å². The molecular formula is C19H17NO3. The van der Waals surface area contributed by atoms with Crippen LogP contribution in [-0.2, 0) is 11.3 Å². The van der Waals surface area contributed by atoms with E-state index in [9.17, 15) is 4.79 Å². The lowest BCUT2D eigenvalue weighted by atomic mass is 10.1. The molecule has 0 saturated heterocycles. The molecule has 0 aliphatic carbocycles. The van der Waals surface area contributed by atoms with E-state index in [4.69, 9.17) is 9.47 Å². The summed E-state index contributed by atoms with van der Waals surface area (Å²) in [6.45, 7) is 2.09. The predicted octanol–water partition coefficient (Wildman–Crippen LogP) is 3.91. The first-order valence-corrected chi connectivity index (χ1v) is 7.34. The van der Waals surface area contributed by atoms with Crippen molar-refractivity contribution in [3.8, 4) is 5.75 Å². The van der Waals surface area contributed by atoms with E-state index in [-0.39, 0.29) is 12.6 Å². The van der Waals surface area contributed by atoms with E-state index in [0.29, 0.717) is 5.56 Å². The normalized spacial score (nSPS) is 10.5. The highest BCUT2D eigenvalue weighted by Crippen LogP contribution is 2.20. The summed E-state index contributed by atoms with van der Waals surface area (Å²) in [6, 6.07) is 16.8. The van der Waals surface area contributed by atoms with Crippen molar-refractivity contribution < 1.29 is 14.3 Å². The van der Waals surface area contributed by atoms with Crippen LogP contribution < -0.4 is 4.74 Å². The number of para-hydroxylation sites is 1. The molecule has 3 rings (SSSR count). The second kappa shape index (κ2) is 6.48. The minimum atomic E-state index is -0.345. The second-order valence-corrected chi connectivity index (χ2v) is 5.25. The number of aromatic nitrogens is 1. The molecule has 0 aliphatic heterocycles.